The lowest BCUT2D eigenvalue weighted by atomic mass is 10.1. The van der Waals surface area contributed by atoms with E-state index in [-0.39, 0.29) is 33.1 Å². The van der Waals surface area contributed by atoms with Gasteiger partial charge in [-0.05, 0) is 31.0 Å². The normalized spacial score (nSPS) is 16.8. The summed E-state index contributed by atoms with van der Waals surface area (Å²) in [6.45, 7) is 3.06. The van der Waals surface area contributed by atoms with E-state index in [1.54, 1.807) is 9.80 Å². The highest BCUT2D eigenvalue weighted by Crippen LogP contribution is 2.23. The fourth-order valence-electron chi connectivity index (χ4n) is 3.67. The lowest BCUT2D eigenvalue weighted by Gasteiger charge is -2.35. The quantitative estimate of drug-likeness (QED) is 0.716. The molecule has 0 radical (unpaired) electrons. The van der Waals surface area contributed by atoms with Crippen LogP contribution >= 0.6 is 23.2 Å². The molecule has 0 saturated carbocycles. The summed E-state index contributed by atoms with van der Waals surface area (Å²) in [6.07, 6.45) is 3.61. The second kappa shape index (κ2) is 8.73. The predicted molar refractivity (Wildman–Crippen MR) is 112 cm³/mol. The molecule has 2 aromatic rings. The third-order valence-corrected chi connectivity index (χ3v) is 5.93. The molecule has 30 heavy (non-hydrogen) atoms. The van der Waals surface area contributed by atoms with Crippen LogP contribution in [-0.2, 0) is 0 Å². The van der Waals surface area contributed by atoms with Crippen LogP contribution < -0.4 is 4.90 Å². The van der Waals surface area contributed by atoms with Crippen molar-refractivity contribution in [1.29, 1.82) is 0 Å². The summed E-state index contributed by atoms with van der Waals surface area (Å²) >= 11 is 12.2. The zero-order valence-corrected chi connectivity index (χ0v) is 17.7. The average Bonchev–Trinajstić information content (AvgIpc) is 3.28. The van der Waals surface area contributed by atoms with Crippen molar-refractivity contribution in [2.24, 2.45) is 0 Å². The van der Waals surface area contributed by atoms with E-state index in [4.69, 9.17) is 23.2 Å². The molecule has 158 valence electrons. The Morgan fingerprint density at radius 2 is 1.53 bits per heavy atom. The molecule has 2 aliphatic heterocycles. The van der Waals surface area contributed by atoms with Gasteiger partial charge < -0.3 is 14.7 Å². The molecular formula is C20H20Cl2FN5O2. The van der Waals surface area contributed by atoms with Gasteiger partial charge >= 0.3 is 0 Å². The van der Waals surface area contributed by atoms with E-state index in [1.165, 1.54) is 18.3 Å². The second-order valence-corrected chi connectivity index (χ2v) is 8.08. The molecule has 0 spiro atoms. The minimum atomic E-state index is -0.498. The van der Waals surface area contributed by atoms with Gasteiger partial charge in [-0.1, -0.05) is 23.2 Å². The molecule has 2 fully saturated rings. The Kier molecular flexibility index (Phi) is 6.06. The van der Waals surface area contributed by atoms with Crippen LogP contribution in [0.2, 0.25) is 10.0 Å². The largest absolute Gasteiger partial charge is 0.341 e. The molecule has 2 saturated heterocycles. The van der Waals surface area contributed by atoms with E-state index < -0.39 is 5.82 Å². The number of nitrogens with zero attached hydrogens (tertiary/aromatic N) is 5. The molecule has 2 aliphatic rings. The monoisotopic (exact) mass is 451 g/mol. The summed E-state index contributed by atoms with van der Waals surface area (Å²) < 4.78 is 13.2. The van der Waals surface area contributed by atoms with Crippen molar-refractivity contribution in [2.75, 3.05) is 44.2 Å². The zero-order valence-electron chi connectivity index (χ0n) is 16.2. The topological polar surface area (TPSA) is 69.6 Å². The van der Waals surface area contributed by atoms with Gasteiger partial charge in [-0.3, -0.25) is 9.59 Å². The van der Waals surface area contributed by atoms with Gasteiger partial charge in [0.25, 0.3) is 11.8 Å². The SMILES string of the molecule is O=C(c1ccc(F)cc1Cl)N1CCN(C(=O)c2nc(N3CCCC3)ncc2Cl)CC1. The van der Waals surface area contributed by atoms with Crippen molar-refractivity contribution >= 4 is 41.0 Å². The van der Waals surface area contributed by atoms with Crippen molar-refractivity contribution in [3.05, 3.63) is 51.5 Å². The summed E-state index contributed by atoms with van der Waals surface area (Å²) in [5.74, 6) is -0.555. The highest BCUT2D eigenvalue weighted by Gasteiger charge is 2.29. The molecule has 1 aromatic heterocycles. The highest BCUT2D eigenvalue weighted by atomic mass is 35.5. The van der Waals surface area contributed by atoms with Gasteiger partial charge in [-0.2, -0.15) is 0 Å². The van der Waals surface area contributed by atoms with E-state index in [2.05, 4.69) is 9.97 Å². The maximum absolute atomic E-state index is 13.2. The first-order valence-corrected chi connectivity index (χ1v) is 10.5. The van der Waals surface area contributed by atoms with Gasteiger partial charge in [0.05, 0.1) is 21.8 Å². The molecule has 0 unspecified atom stereocenters. The van der Waals surface area contributed by atoms with Crippen molar-refractivity contribution in [3.8, 4) is 0 Å². The van der Waals surface area contributed by atoms with Crippen LogP contribution in [0.3, 0.4) is 0 Å². The van der Waals surface area contributed by atoms with Crippen LogP contribution in [0, 0.1) is 5.82 Å². The predicted octanol–water partition coefficient (Wildman–Crippen LogP) is 3.12. The van der Waals surface area contributed by atoms with Gasteiger partial charge in [0, 0.05) is 39.3 Å². The number of carbonyl (C=O) groups is 2. The Bertz CT molecular complexity index is 976. The number of piperazine rings is 1. The van der Waals surface area contributed by atoms with Gasteiger partial charge in [0.15, 0.2) is 5.69 Å². The molecule has 2 amide bonds. The molecule has 3 heterocycles. The Balaban J connectivity index is 1.43. The van der Waals surface area contributed by atoms with Gasteiger partial charge in [0.2, 0.25) is 5.95 Å². The lowest BCUT2D eigenvalue weighted by molar-refractivity contribution is 0.0532. The average molecular weight is 452 g/mol. The minimum absolute atomic E-state index is 0.0701. The highest BCUT2D eigenvalue weighted by molar-refractivity contribution is 6.34. The molecule has 0 aliphatic carbocycles. The smallest absolute Gasteiger partial charge is 0.274 e. The summed E-state index contributed by atoms with van der Waals surface area (Å²) in [5, 5.41) is 0.278. The van der Waals surface area contributed by atoms with Crippen molar-refractivity contribution < 1.29 is 14.0 Å². The standard InChI is InChI=1S/C20H20Cl2FN5O2/c21-15-11-13(23)3-4-14(15)18(29)26-7-9-27(10-8-26)19(30)17-16(22)12-24-20(25-17)28-5-1-2-6-28/h3-4,11-12H,1-2,5-10H2. The van der Waals surface area contributed by atoms with Gasteiger partial charge in [-0.25, -0.2) is 14.4 Å². The first-order valence-electron chi connectivity index (χ1n) is 9.75. The fourth-order valence-corrected chi connectivity index (χ4v) is 4.09. The Morgan fingerprint density at radius 3 is 2.17 bits per heavy atom. The minimum Gasteiger partial charge on any atom is -0.341 e. The van der Waals surface area contributed by atoms with Crippen LogP contribution in [0.4, 0.5) is 10.3 Å². The van der Waals surface area contributed by atoms with E-state index in [0.29, 0.717) is 32.1 Å². The second-order valence-electron chi connectivity index (χ2n) is 7.27. The molecule has 7 nitrogen and oxygen atoms in total. The number of anilines is 1. The van der Waals surface area contributed by atoms with E-state index in [1.807, 2.05) is 4.90 Å². The first-order chi connectivity index (χ1) is 14.4. The van der Waals surface area contributed by atoms with Crippen LogP contribution in [0.1, 0.15) is 33.7 Å². The van der Waals surface area contributed by atoms with E-state index in [0.717, 1.165) is 32.0 Å². The fraction of sp³-hybridized carbons (Fsp3) is 0.400. The first kappa shape index (κ1) is 20.8. The van der Waals surface area contributed by atoms with Gasteiger partial charge in [0.1, 0.15) is 5.82 Å². The summed E-state index contributed by atoms with van der Waals surface area (Å²) in [5.41, 5.74) is 0.418. The summed E-state index contributed by atoms with van der Waals surface area (Å²) in [4.78, 5) is 39.6. The maximum Gasteiger partial charge on any atom is 0.274 e. The number of amides is 2. The Labute approximate surface area is 183 Å². The molecular weight excluding hydrogens is 432 g/mol. The number of aromatic nitrogens is 2. The van der Waals surface area contributed by atoms with E-state index >= 15 is 0 Å². The van der Waals surface area contributed by atoms with Crippen molar-refractivity contribution in [3.63, 3.8) is 0 Å². The van der Waals surface area contributed by atoms with Crippen molar-refractivity contribution in [1.82, 2.24) is 19.8 Å². The number of carbonyl (C=O) groups excluding carboxylic acids is 2. The molecule has 1 aromatic carbocycles. The number of hydrogen-bond acceptors (Lipinski definition) is 5. The molecule has 0 atom stereocenters. The van der Waals surface area contributed by atoms with Crippen LogP contribution in [0.15, 0.2) is 24.4 Å². The molecule has 0 N–H and O–H groups in total. The van der Waals surface area contributed by atoms with E-state index in [9.17, 15) is 14.0 Å². The number of hydrogen-bond donors (Lipinski definition) is 0. The van der Waals surface area contributed by atoms with Crippen LogP contribution in [-0.4, -0.2) is 70.9 Å². The van der Waals surface area contributed by atoms with Gasteiger partial charge in [-0.15, -0.1) is 0 Å². The maximum atomic E-state index is 13.2. The third kappa shape index (κ3) is 4.20. The lowest BCUT2D eigenvalue weighted by Crippen LogP contribution is -2.50. The Morgan fingerprint density at radius 1 is 0.900 bits per heavy atom. The Hall–Kier alpha value is -2.45. The molecule has 10 heteroatoms. The van der Waals surface area contributed by atoms with Crippen LogP contribution in [0.25, 0.3) is 0 Å². The van der Waals surface area contributed by atoms with Crippen LogP contribution in [0.5, 0.6) is 0 Å². The molecule has 0 bridgehead atoms. The summed E-state index contributed by atoms with van der Waals surface area (Å²) in [6, 6.07) is 3.69. The zero-order chi connectivity index (χ0) is 21.3. The number of rotatable bonds is 3. The third-order valence-electron chi connectivity index (χ3n) is 5.34. The number of halogens is 3. The molecule has 4 rings (SSSR count). The number of benzene rings is 1. The summed E-state index contributed by atoms with van der Waals surface area (Å²) in [7, 11) is 0. The van der Waals surface area contributed by atoms with Crippen molar-refractivity contribution in [2.45, 2.75) is 12.8 Å².